The summed E-state index contributed by atoms with van der Waals surface area (Å²) in [5.74, 6) is 1.69. The number of nitrogens with zero attached hydrogens (tertiary/aromatic N) is 2. The highest BCUT2D eigenvalue weighted by atomic mass is 32.2. The van der Waals surface area contributed by atoms with Crippen molar-refractivity contribution in [1.82, 2.24) is 9.88 Å². The minimum atomic E-state index is 0.0423. The fraction of sp³-hybridized carbons (Fsp3) is 0.250. The number of methoxy groups -OCH3 is 1. The monoisotopic (exact) mass is 300 g/mol. The molecule has 1 aliphatic rings. The van der Waals surface area contributed by atoms with Crippen molar-refractivity contribution in [3.63, 3.8) is 0 Å². The van der Waals surface area contributed by atoms with Crippen molar-refractivity contribution in [3.05, 3.63) is 59.9 Å². The first-order chi connectivity index (χ1) is 10.3. The van der Waals surface area contributed by atoms with Gasteiger partial charge in [-0.2, -0.15) is 0 Å². The normalized spacial score (nSPS) is 17.8. The van der Waals surface area contributed by atoms with Gasteiger partial charge in [0.15, 0.2) is 0 Å². The van der Waals surface area contributed by atoms with Crippen LogP contribution in [0.25, 0.3) is 0 Å². The van der Waals surface area contributed by atoms with Crippen LogP contribution < -0.4 is 4.74 Å². The fourth-order valence-corrected chi connectivity index (χ4v) is 3.66. The summed E-state index contributed by atoms with van der Waals surface area (Å²) in [6.07, 6.45) is 3.53. The lowest BCUT2D eigenvalue weighted by Crippen LogP contribution is -2.30. The first kappa shape index (κ1) is 13.9. The summed E-state index contributed by atoms with van der Waals surface area (Å²) in [5.41, 5.74) is 1.78. The van der Waals surface area contributed by atoms with Crippen LogP contribution in [0.3, 0.4) is 0 Å². The zero-order valence-corrected chi connectivity index (χ0v) is 12.5. The largest absolute Gasteiger partial charge is 0.497 e. The second-order valence-electron chi connectivity index (χ2n) is 4.73. The van der Waals surface area contributed by atoms with E-state index in [1.165, 1.54) is 0 Å². The summed E-state index contributed by atoms with van der Waals surface area (Å²) in [7, 11) is 1.61. The summed E-state index contributed by atoms with van der Waals surface area (Å²) < 4.78 is 5.19. The summed E-state index contributed by atoms with van der Waals surface area (Å²) in [4.78, 5) is 18.7. The Kier molecular flexibility index (Phi) is 4.10. The molecule has 1 atom stereocenters. The van der Waals surface area contributed by atoms with Gasteiger partial charge in [-0.1, -0.05) is 6.07 Å². The number of thioether (sulfide) groups is 1. The quantitative estimate of drug-likeness (QED) is 0.874. The zero-order valence-electron chi connectivity index (χ0n) is 11.7. The highest BCUT2D eigenvalue weighted by Crippen LogP contribution is 2.38. The van der Waals surface area contributed by atoms with Gasteiger partial charge >= 0.3 is 0 Å². The second kappa shape index (κ2) is 6.18. The van der Waals surface area contributed by atoms with Gasteiger partial charge in [-0.25, -0.2) is 0 Å². The highest BCUT2D eigenvalue weighted by molar-refractivity contribution is 7.99. The molecule has 4 nitrogen and oxygen atoms in total. The zero-order chi connectivity index (χ0) is 14.7. The minimum Gasteiger partial charge on any atom is -0.497 e. The standard InChI is InChI=1S/C16H16N2O2S/c1-20-14-4-2-3-13(11-14)15(19)18-9-10-21-16(18)12-5-7-17-8-6-12/h2-8,11,16H,9-10H2,1H3. The lowest BCUT2D eigenvalue weighted by molar-refractivity contribution is 0.0760. The molecule has 0 radical (unpaired) electrons. The van der Waals surface area contributed by atoms with Crippen LogP contribution in [-0.2, 0) is 0 Å². The number of ether oxygens (including phenoxy) is 1. The molecule has 1 amide bonds. The van der Waals surface area contributed by atoms with E-state index in [9.17, 15) is 4.79 Å². The van der Waals surface area contributed by atoms with E-state index in [1.54, 1.807) is 37.3 Å². The molecule has 1 aliphatic heterocycles. The summed E-state index contributed by atoms with van der Waals surface area (Å²) in [6.45, 7) is 0.758. The third kappa shape index (κ3) is 2.88. The van der Waals surface area contributed by atoms with Gasteiger partial charge in [-0.3, -0.25) is 9.78 Å². The van der Waals surface area contributed by atoms with E-state index < -0.39 is 0 Å². The molecule has 1 aromatic carbocycles. The molecule has 21 heavy (non-hydrogen) atoms. The number of carbonyl (C=O) groups excluding carboxylic acids is 1. The van der Waals surface area contributed by atoms with Crippen LogP contribution in [-0.4, -0.2) is 35.2 Å². The van der Waals surface area contributed by atoms with Crippen molar-refractivity contribution in [2.45, 2.75) is 5.37 Å². The van der Waals surface area contributed by atoms with Gasteiger partial charge < -0.3 is 9.64 Å². The van der Waals surface area contributed by atoms with Crippen molar-refractivity contribution >= 4 is 17.7 Å². The Morgan fingerprint density at radius 1 is 1.33 bits per heavy atom. The lowest BCUT2D eigenvalue weighted by atomic mass is 10.1. The average Bonchev–Trinajstić information content (AvgIpc) is 3.04. The predicted octanol–water partition coefficient (Wildman–Crippen LogP) is 2.98. The summed E-state index contributed by atoms with van der Waals surface area (Å²) >= 11 is 1.78. The Balaban J connectivity index is 1.86. The number of hydrogen-bond acceptors (Lipinski definition) is 4. The van der Waals surface area contributed by atoms with E-state index in [1.807, 2.05) is 35.2 Å². The van der Waals surface area contributed by atoms with Crippen LogP contribution in [0.5, 0.6) is 5.75 Å². The molecular formula is C16H16N2O2S. The fourth-order valence-electron chi connectivity index (χ4n) is 2.40. The molecule has 0 bridgehead atoms. The minimum absolute atomic E-state index is 0.0423. The van der Waals surface area contributed by atoms with Crippen molar-refractivity contribution in [2.75, 3.05) is 19.4 Å². The van der Waals surface area contributed by atoms with Crippen molar-refractivity contribution in [1.29, 1.82) is 0 Å². The maximum absolute atomic E-state index is 12.7. The van der Waals surface area contributed by atoms with E-state index in [-0.39, 0.29) is 11.3 Å². The van der Waals surface area contributed by atoms with Crippen LogP contribution in [0.4, 0.5) is 0 Å². The predicted molar refractivity (Wildman–Crippen MR) is 83.5 cm³/mol. The second-order valence-corrected chi connectivity index (χ2v) is 5.92. The maximum atomic E-state index is 12.7. The van der Waals surface area contributed by atoms with Gasteiger partial charge in [-0.15, -0.1) is 11.8 Å². The van der Waals surface area contributed by atoms with E-state index in [0.717, 1.165) is 17.9 Å². The molecule has 2 aromatic rings. The molecule has 1 fully saturated rings. The Labute approximate surface area is 128 Å². The van der Waals surface area contributed by atoms with E-state index in [4.69, 9.17) is 4.74 Å². The van der Waals surface area contributed by atoms with Crippen molar-refractivity contribution < 1.29 is 9.53 Å². The Bertz CT molecular complexity index is 633. The average molecular weight is 300 g/mol. The van der Waals surface area contributed by atoms with Gasteiger partial charge in [0.2, 0.25) is 0 Å². The molecule has 0 spiro atoms. The molecule has 0 N–H and O–H groups in total. The van der Waals surface area contributed by atoms with Gasteiger partial charge in [0, 0.05) is 30.3 Å². The molecule has 1 saturated heterocycles. The summed E-state index contributed by atoms with van der Waals surface area (Å²) in [5, 5.41) is 0.0618. The Morgan fingerprint density at radius 2 is 2.14 bits per heavy atom. The van der Waals surface area contributed by atoms with E-state index in [0.29, 0.717) is 11.3 Å². The molecule has 1 unspecified atom stereocenters. The Hall–Kier alpha value is -2.01. The number of rotatable bonds is 3. The van der Waals surface area contributed by atoms with Crippen LogP contribution in [0.15, 0.2) is 48.8 Å². The first-order valence-corrected chi connectivity index (χ1v) is 7.81. The number of pyridine rings is 1. The molecule has 0 saturated carbocycles. The van der Waals surface area contributed by atoms with Gasteiger partial charge in [0.05, 0.1) is 7.11 Å². The van der Waals surface area contributed by atoms with Crippen molar-refractivity contribution in [2.24, 2.45) is 0 Å². The lowest BCUT2D eigenvalue weighted by Gasteiger charge is -2.24. The third-order valence-electron chi connectivity index (χ3n) is 3.46. The van der Waals surface area contributed by atoms with Crippen LogP contribution in [0.2, 0.25) is 0 Å². The van der Waals surface area contributed by atoms with E-state index in [2.05, 4.69) is 4.98 Å². The number of aromatic nitrogens is 1. The summed E-state index contributed by atoms with van der Waals surface area (Å²) in [6, 6.07) is 11.2. The van der Waals surface area contributed by atoms with Crippen LogP contribution in [0, 0.1) is 0 Å². The number of carbonyl (C=O) groups is 1. The number of hydrogen-bond donors (Lipinski definition) is 0. The van der Waals surface area contributed by atoms with E-state index >= 15 is 0 Å². The number of amides is 1. The van der Waals surface area contributed by atoms with Crippen molar-refractivity contribution in [3.8, 4) is 5.75 Å². The van der Waals surface area contributed by atoms with Gasteiger partial charge in [0.1, 0.15) is 11.1 Å². The van der Waals surface area contributed by atoms with Crippen LogP contribution in [0.1, 0.15) is 21.3 Å². The molecule has 2 heterocycles. The molecule has 3 rings (SSSR count). The smallest absolute Gasteiger partial charge is 0.255 e. The molecule has 5 heteroatoms. The SMILES string of the molecule is COc1cccc(C(=O)N2CCSC2c2ccncc2)c1. The first-order valence-electron chi connectivity index (χ1n) is 6.76. The third-order valence-corrected chi connectivity index (χ3v) is 4.72. The van der Waals surface area contributed by atoms with Crippen LogP contribution >= 0.6 is 11.8 Å². The molecule has 0 aliphatic carbocycles. The molecule has 108 valence electrons. The maximum Gasteiger partial charge on any atom is 0.255 e. The molecular weight excluding hydrogens is 284 g/mol. The highest BCUT2D eigenvalue weighted by Gasteiger charge is 2.31. The van der Waals surface area contributed by atoms with Gasteiger partial charge in [-0.05, 0) is 35.9 Å². The topological polar surface area (TPSA) is 42.4 Å². The molecule has 1 aromatic heterocycles. The number of benzene rings is 1. The van der Waals surface area contributed by atoms with Gasteiger partial charge in [0.25, 0.3) is 5.91 Å². The Morgan fingerprint density at radius 3 is 2.90 bits per heavy atom.